The summed E-state index contributed by atoms with van der Waals surface area (Å²) in [4.78, 5) is 0. The van der Waals surface area contributed by atoms with Crippen LogP contribution in [0.4, 0.5) is 0 Å². The minimum absolute atomic E-state index is 0.504. The Kier molecular flexibility index (Phi) is 3.42. The first-order valence-electron chi connectivity index (χ1n) is 6.45. The highest BCUT2D eigenvalue weighted by molar-refractivity contribution is 5.66. The minimum atomic E-state index is 0.504. The molecule has 0 atom stereocenters. The van der Waals surface area contributed by atoms with E-state index in [2.05, 4.69) is 10.2 Å². The van der Waals surface area contributed by atoms with Crippen molar-refractivity contribution < 1.29 is 4.42 Å². The van der Waals surface area contributed by atoms with Crippen LogP contribution in [0.25, 0.3) is 23.6 Å². The molecular weight excluding hydrogens is 248 g/mol. The molecule has 98 valence electrons. The Labute approximate surface area is 117 Å². The number of aryl methyl sites for hydroxylation is 1. The van der Waals surface area contributed by atoms with E-state index >= 15 is 0 Å². The maximum Gasteiger partial charge on any atom is 0.248 e. The number of benzene rings is 2. The summed E-state index contributed by atoms with van der Waals surface area (Å²) in [5, 5.41) is 8.09. The average Bonchev–Trinajstić information content (AvgIpc) is 2.96. The summed E-state index contributed by atoms with van der Waals surface area (Å²) in [5.74, 6) is 1.04. The van der Waals surface area contributed by atoms with E-state index in [1.807, 2.05) is 73.7 Å². The first kappa shape index (κ1) is 12.4. The van der Waals surface area contributed by atoms with Gasteiger partial charge in [0.1, 0.15) is 0 Å². The highest BCUT2D eigenvalue weighted by Crippen LogP contribution is 2.19. The zero-order valence-electron chi connectivity index (χ0n) is 11.2. The van der Waals surface area contributed by atoms with Crippen LogP contribution in [0, 0.1) is 6.92 Å². The van der Waals surface area contributed by atoms with Gasteiger partial charge in [0.15, 0.2) is 0 Å². The quantitative estimate of drug-likeness (QED) is 0.709. The molecule has 3 rings (SSSR count). The first-order valence-corrected chi connectivity index (χ1v) is 6.45. The lowest BCUT2D eigenvalue weighted by Gasteiger charge is -1.94. The van der Waals surface area contributed by atoms with Gasteiger partial charge in [-0.2, -0.15) is 0 Å². The van der Waals surface area contributed by atoms with Crippen molar-refractivity contribution in [3.63, 3.8) is 0 Å². The Morgan fingerprint density at radius 2 is 1.60 bits per heavy atom. The monoisotopic (exact) mass is 262 g/mol. The van der Waals surface area contributed by atoms with E-state index in [4.69, 9.17) is 4.42 Å². The number of nitrogens with zero attached hydrogens (tertiary/aromatic N) is 2. The number of rotatable bonds is 3. The van der Waals surface area contributed by atoms with Gasteiger partial charge >= 0.3 is 0 Å². The van der Waals surface area contributed by atoms with Gasteiger partial charge in [0.2, 0.25) is 11.8 Å². The molecule has 2 aromatic carbocycles. The lowest BCUT2D eigenvalue weighted by Crippen LogP contribution is -1.77. The Morgan fingerprint density at radius 1 is 0.850 bits per heavy atom. The second-order valence-corrected chi connectivity index (χ2v) is 4.56. The molecule has 0 saturated heterocycles. The van der Waals surface area contributed by atoms with Crippen molar-refractivity contribution in [3.8, 4) is 11.5 Å². The smallest absolute Gasteiger partial charge is 0.248 e. The van der Waals surface area contributed by atoms with Gasteiger partial charge < -0.3 is 4.42 Å². The molecule has 0 spiro atoms. The van der Waals surface area contributed by atoms with Crippen LogP contribution in [0.1, 0.15) is 17.0 Å². The zero-order valence-corrected chi connectivity index (χ0v) is 11.2. The van der Waals surface area contributed by atoms with Crippen LogP contribution in [0.2, 0.25) is 0 Å². The fourth-order valence-electron chi connectivity index (χ4n) is 1.85. The minimum Gasteiger partial charge on any atom is -0.417 e. The Bertz CT molecular complexity index is 712. The van der Waals surface area contributed by atoms with Crippen molar-refractivity contribution in [2.45, 2.75) is 6.92 Å². The van der Waals surface area contributed by atoms with E-state index in [0.29, 0.717) is 11.8 Å². The van der Waals surface area contributed by atoms with Crippen molar-refractivity contribution in [1.82, 2.24) is 10.2 Å². The largest absolute Gasteiger partial charge is 0.417 e. The van der Waals surface area contributed by atoms with Crippen molar-refractivity contribution in [2.75, 3.05) is 0 Å². The lowest BCUT2D eigenvalue weighted by atomic mass is 10.1. The number of hydrogen-bond donors (Lipinski definition) is 0. The van der Waals surface area contributed by atoms with E-state index in [1.165, 1.54) is 5.56 Å². The fraction of sp³-hybridized carbons (Fsp3) is 0.0588. The Balaban J connectivity index is 1.80. The molecule has 1 heterocycles. The molecule has 0 amide bonds. The predicted molar refractivity (Wildman–Crippen MR) is 79.8 cm³/mol. The molecule has 1 aromatic heterocycles. The summed E-state index contributed by atoms with van der Waals surface area (Å²) in [5.41, 5.74) is 3.24. The third kappa shape index (κ3) is 2.83. The van der Waals surface area contributed by atoms with Gasteiger partial charge in [0.25, 0.3) is 0 Å². The molecule has 3 nitrogen and oxygen atoms in total. The summed E-state index contributed by atoms with van der Waals surface area (Å²) in [6.45, 7) is 2.05. The van der Waals surface area contributed by atoms with Crippen molar-refractivity contribution in [3.05, 3.63) is 71.6 Å². The number of hydrogen-bond acceptors (Lipinski definition) is 3. The number of aromatic nitrogens is 2. The molecule has 3 aromatic rings. The molecule has 0 aliphatic carbocycles. The van der Waals surface area contributed by atoms with Crippen LogP contribution in [-0.4, -0.2) is 10.2 Å². The summed E-state index contributed by atoms with van der Waals surface area (Å²) in [7, 11) is 0. The zero-order chi connectivity index (χ0) is 13.8. The third-order valence-electron chi connectivity index (χ3n) is 2.96. The third-order valence-corrected chi connectivity index (χ3v) is 2.96. The predicted octanol–water partition coefficient (Wildman–Crippen LogP) is 4.22. The lowest BCUT2D eigenvalue weighted by molar-refractivity contribution is 0.558. The van der Waals surface area contributed by atoms with E-state index < -0.39 is 0 Å². The second-order valence-electron chi connectivity index (χ2n) is 4.56. The average molecular weight is 262 g/mol. The maximum atomic E-state index is 5.62. The van der Waals surface area contributed by atoms with Crippen molar-refractivity contribution in [2.24, 2.45) is 0 Å². The molecule has 0 unspecified atom stereocenters. The van der Waals surface area contributed by atoms with Gasteiger partial charge in [0.05, 0.1) is 0 Å². The molecule has 0 N–H and O–H groups in total. The molecule has 3 heteroatoms. The highest BCUT2D eigenvalue weighted by atomic mass is 16.4. The van der Waals surface area contributed by atoms with Gasteiger partial charge in [-0.25, -0.2) is 0 Å². The van der Waals surface area contributed by atoms with E-state index in [1.54, 1.807) is 0 Å². The Hall–Kier alpha value is -2.68. The molecule has 0 bridgehead atoms. The molecular formula is C17H14N2O. The molecule has 20 heavy (non-hydrogen) atoms. The van der Waals surface area contributed by atoms with Crippen LogP contribution in [-0.2, 0) is 0 Å². The van der Waals surface area contributed by atoms with E-state index in [0.717, 1.165) is 11.1 Å². The second kappa shape index (κ2) is 5.53. The summed E-state index contributed by atoms with van der Waals surface area (Å²) in [6, 6.07) is 18.0. The van der Waals surface area contributed by atoms with Gasteiger partial charge in [-0.15, -0.1) is 10.2 Å². The van der Waals surface area contributed by atoms with Gasteiger partial charge in [-0.05, 0) is 30.7 Å². The normalized spacial score (nSPS) is 11.1. The van der Waals surface area contributed by atoms with Gasteiger partial charge in [-0.1, -0.05) is 48.0 Å². The summed E-state index contributed by atoms with van der Waals surface area (Å²) >= 11 is 0. The van der Waals surface area contributed by atoms with Crippen LogP contribution in [0.15, 0.2) is 59.0 Å². The van der Waals surface area contributed by atoms with Crippen LogP contribution in [0.3, 0.4) is 0 Å². The molecule has 0 saturated carbocycles. The van der Waals surface area contributed by atoms with Crippen LogP contribution >= 0.6 is 0 Å². The topological polar surface area (TPSA) is 38.9 Å². The standard InChI is InChI=1S/C17H14N2O/c1-13-7-10-15(11-8-13)17-19-18-16(20-17)12-9-14-5-3-2-4-6-14/h2-12H,1H3. The Morgan fingerprint density at radius 3 is 2.35 bits per heavy atom. The summed E-state index contributed by atoms with van der Waals surface area (Å²) in [6.07, 6.45) is 3.77. The van der Waals surface area contributed by atoms with Crippen molar-refractivity contribution in [1.29, 1.82) is 0 Å². The van der Waals surface area contributed by atoms with Crippen molar-refractivity contribution >= 4 is 12.2 Å². The molecule has 0 aliphatic rings. The highest BCUT2D eigenvalue weighted by Gasteiger charge is 2.05. The van der Waals surface area contributed by atoms with E-state index in [-0.39, 0.29) is 0 Å². The van der Waals surface area contributed by atoms with Crippen LogP contribution < -0.4 is 0 Å². The van der Waals surface area contributed by atoms with Gasteiger partial charge in [0, 0.05) is 11.6 Å². The summed E-state index contributed by atoms with van der Waals surface area (Å²) < 4.78 is 5.62. The van der Waals surface area contributed by atoms with E-state index in [9.17, 15) is 0 Å². The maximum absolute atomic E-state index is 5.62. The van der Waals surface area contributed by atoms with Gasteiger partial charge in [-0.3, -0.25) is 0 Å². The molecule has 0 radical (unpaired) electrons. The SMILES string of the molecule is Cc1ccc(-c2nnc(C=Cc3ccccc3)o2)cc1. The molecule has 0 aliphatic heterocycles. The fourth-order valence-corrected chi connectivity index (χ4v) is 1.85. The van der Waals surface area contributed by atoms with Crippen LogP contribution in [0.5, 0.6) is 0 Å². The molecule has 0 fully saturated rings. The first-order chi connectivity index (χ1) is 9.81.